The van der Waals surface area contributed by atoms with E-state index in [1.54, 1.807) is 0 Å². The van der Waals surface area contributed by atoms with Gasteiger partial charge >= 0.3 is 0 Å². The van der Waals surface area contributed by atoms with Crippen LogP contribution < -0.4 is 4.74 Å². The maximum Gasteiger partial charge on any atom is 0.119 e. The van der Waals surface area contributed by atoms with Crippen molar-refractivity contribution in [3.05, 3.63) is 29.8 Å². The smallest absolute Gasteiger partial charge is 0.119 e. The fourth-order valence-electron chi connectivity index (χ4n) is 4.13. The van der Waals surface area contributed by atoms with Gasteiger partial charge in [-0.25, -0.2) is 0 Å². The van der Waals surface area contributed by atoms with Crippen LogP contribution in [-0.4, -0.2) is 61.8 Å². The molecule has 0 unspecified atom stereocenters. The number of hydrogen-bond acceptors (Lipinski definition) is 4. The minimum atomic E-state index is 0.417. The molecule has 1 saturated carbocycles. The minimum Gasteiger partial charge on any atom is -0.490 e. The van der Waals surface area contributed by atoms with Crippen molar-refractivity contribution >= 4 is 0 Å². The Bertz CT molecular complexity index is 501. The van der Waals surface area contributed by atoms with Crippen molar-refractivity contribution in [2.24, 2.45) is 5.92 Å². The number of morpholine rings is 1. The standard InChI is InChI=1S/C20H30N2O2/c1-2-8-21(7-1)15-17-3-5-19(6-4-17)24-20-13-18(14-20)16-22-9-11-23-12-10-22/h3-6,18,20H,1-2,7-16H2. The van der Waals surface area contributed by atoms with Gasteiger partial charge in [-0.15, -0.1) is 0 Å². The molecule has 4 rings (SSSR count). The van der Waals surface area contributed by atoms with Crippen molar-refractivity contribution in [2.75, 3.05) is 45.9 Å². The van der Waals surface area contributed by atoms with E-state index < -0.39 is 0 Å². The van der Waals surface area contributed by atoms with Gasteiger partial charge in [-0.05, 0) is 62.4 Å². The van der Waals surface area contributed by atoms with Crippen LogP contribution >= 0.6 is 0 Å². The van der Waals surface area contributed by atoms with E-state index in [0.717, 1.165) is 44.5 Å². The molecular weight excluding hydrogens is 300 g/mol. The fourth-order valence-corrected chi connectivity index (χ4v) is 4.13. The lowest BCUT2D eigenvalue weighted by Gasteiger charge is -2.39. The normalized spacial score (nSPS) is 28.7. The number of likely N-dealkylation sites (tertiary alicyclic amines) is 1. The van der Waals surface area contributed by atoms with E-state index >= 15 is 0 Å². The van der Waals surface area contributed by atoms with Crippen molar-refractivity contribution in [3.63, 3.8) is 0 Å². The summed E-state index contributed by atoms with van der Waals surface area (Å²) in [6.45, 7) is 8.81. The van der Waals surface area contributed by atoms with E-state index in [0.29, 0.717) is 6.10 Å². The molecule has 2 heterocycles. The lowest BCUT2D eigenvalue weighted by molar-refractivity contribution is 0.000133. The van der Waals surface area contributed by atoms with E-state index in [4.69, 9.17) is 9.47 Å². The summed E-state index contributed by atoms with van der Waals surface area (Å²) in [4.78, 5) is 5.08. The highest BCUT2D eigenvalue weighted by molar-refractivity contribution is 5.27. The van der Waals surface area contributed by atoms with Crippen LogP contribution in [0.2, 0.25) is 0 Å². The van der Waals surface area contributed by atoms with Crippen LogP contribution in [0, 0.1) is 5.92 Å². The second kappa shape index (κ2) is 7.85. The van der Waals surface area contributed by atoms with E-state index in [1.165, 1.54) is 50.9 Å². The van der Waals surface area contributed by atoms with Gasteiger partial charge < -0.3 is 9.47 Å². The molecule has 3 fully saturated rings. The Morgan fingerprint density at radius 2 is 1.62 bits per heavy atom. The fraction of sp³-hybridized carbons (Fsp3) is 0.700. The topological polar surface area (TPSA) is 24.9 Å². The zero-order valence-corrected chi connectivity index (χ0v) is 14.7. The van der Waals surface area contributed by atoms with Crippen LogP contribution in [0.15, 0.2) is 24.3 Å². The highest BCUT2D eigenvalue weighted by atomic mass is 16.5. The molecule has 3 aliphatic rings. The van der Waals surface area contributed by atoms with Crippen molar-refractivity contribution in [2.45, 2.75) is 38.3 Å². The third-order valence-electron chi connectivity index (χ3n) is 5.64. The average Bonchev–Trinajstić information content (AvgIpc) is 3.08. The molecule has 1 aromatic carbocycles. The number of nitrogens with zero attached hydrogens (tertiary/aromatic N) is 2. The van der Waals surface area contributed by atoms with E-state index in [1.807, 2.05) is 0 Å². The first-order chi connectivity index (χ1) is 11.8. The number of ether oxygens (including phenoxy) is 2. The first kappa shape index (κ1) is 16.4. The predicted molar refractivity (Wildman–Crippen MR) is 95.4 cm³/mol. The molecule has 0 aromatic heterocycles. The van der Waals surface area contributed by atoms with E-state index in [9.17, 15) is 0 Å². The molecule has 0 atom stereocenters. The molecule has 0 N–H and O–H groups in total. The molecule has 2 saturated heterocycles. The Kier molecular flexibility index (Phi) is 5.36. The molecule has 4 nitrogen and oxygen atoms in total. The zero-order chi connectivity index (χ0) is 16.2. The molecule has 0 radical (unpaired) electrons. The third-order valence-corrected chi connectivity index (χ3v) is 5.64. The molecule has 132 valence electrons. The molecule has 0 spiro atoms. The summed E-state index contributed by atoms with van der Waals surface area (Å²) in [5.41, 5.74) is 1.41. The van der Waals surface area contributed by atoms with Gasteiger partial charge in [-0.3, -0.25) is 9.80 Å². The summed E-state index contributed by atoms with van der Waals surface area (Å²) in [6.07, 6.45) is 5.53. The monoisotopic (exact) mass is 330 g/mol. The van der Waals surface area contributed by atoms with Crippen molar-refractivity contribution < 1.29 is 9.47 Å². The Labute approximate surface area is 145 Å². The SMILES string of the molecule is c1cc(OC2CC(CN3CCOCC3)C2)ccc1CN1CCCC1. The van der Waals surface area contributed by atoms with Crippen molar-refractivity contribution in [1.29, 1.82) is 0 Å². The minimum absolute atomic E-state index is 0.417. The van der Waals surface area contributed by atoms with Crippen LogP contribution in [-0.2, 0) is 11.3 Å². The second-order valence-electron chi connectivity index (χ2n) is 7.62. The largest absolute Gasteiger partial charge is 0.490 e. The molecular formula is C20H30N2O2. The van der Waals surface area contributed by atoms with Gasteiger partial charge in [-0.1, -0.05) is 12.1 Å². The third kappa shape index (κ3) is 4.29. The summed E-state index contributed by atoms with van der Waals surface area (Å²) in [7, 11) is 0. The van der Waals surface area contributed by atoms with Gasteiger partial charge in [0.1, 0.15) is 5.75 Å². The summed E-state index contributed by atoms with van der Waals surface area (Å²) >= 11 is 0. The molecule has 0 bridgehead atoms. The van der Waals surface area contributed by atoms with Gasteiger partial charge in [0.15, 0.2) is 0 Å². The summed E-state index contributed by atoms with van der Waals surface area (Å²) in [6, 6.07) is 8.77. The quantitative estimate of drug-likeness (QED) is 0.801. The van der Waals surface area contributed by atoms with Gasteiger partial charge in [0.2, 0.25) is 0 Å². The molecule has 0 amide bonds. The van der Waals surface area contributed by atoms with Crippen molar-refractivity contribution in [3.8, 4) is 5.75 Å². The summed E-state index contributed by atoms with van der Waals surface area (Å²) < 4.78 is 11.6. The molecule has 2 aliphatic heterocycles. The highest BCUT2D eigenvalue weighted by Crippen LogP contribution is 2.32. The van der Waals surface area contributed by atoms with Gasteiger partial charge in [-0.2, -0.15) is 0 Å². The maximum atomic E-state index is 6.14. The van der Waals surface area contributed by atoms with Crippen molar-refractivity contribution in [1.82, 2.24) is 9.80 Å². The second-order valence-corrected chi connectivity index (χ2v) is 7.62. The molecule has 1 aromatic rings. The molecule has 1 aliphatic carbocycles. The molecule has 24 heavy (non-hydrogen) atoms. The Hall–Kier alpha value is -1.10. The summed E-state index contributed by atoms with van der Waals surface area (Å²) in [5, 5.41) is 0. The first-order valence-corrected chi connectivity index (χ1v) is 9.63. The van der Waals surface area contributed by atoms with Crippen LogP contribution in [0.3, 0.4) is 0 Å². The van der Waals surface area contributed by atoms with Crippen LogP contribution in [0.1, 0.15) is 31.2 Å². The lowest BCUT2D eigenvalue weighted by Crippen LogP contribution is -2.45. The highest BCUT2D eigenvalue weighted by Gasteiger charge is 2.32. The van der Waals surface area contributed by atoms with Gasteiger partial charge in [0.05, 0.1) is 19.3 Å². The zero-order valence-electron chi connectivity index (χ0n) is 14.7. The number of hydrogen-bond donors (Lipinski definition) is 0. The van der Waals surface area contributed by atoms with Crippen LogP contribution in [0.4, 0.5) is 0 Å². The van der Waals surface area contributed by atoms with Crippen LogP contribution in [0.5, 0.6) is 5.75 Å². The Balaban J connectivity index is 1.18. The maximum absolute atomic E-state index is 6.14. The van der Waals surface area contributed by atoms with Crippen LogP contribution in [0.25, 0.3) is 0 Å². The van der Waals surface area contributed by atoms with E-state index in [-0.39, 0.29) is 0 Å². The number of rotatable bonds is 6. The number of benzene rings is 1. The van der Waals surface area contributed by atoms with Gasteiger partial charge in [0, 0.05) is 26.2 Å². The van der Waals surface area contributed by atoms with E-state index in [2.05, 4.69) is 34.1 Å². The lowest BCUT2D eigenvalue weighted by atomic mass is 9.82. The van der Waals surface area contributed by atoms with Gasteiger partial charge in [0.25, 0.3) is 0 Å². The Morgan fingerprint density at radius 1 is 0.917 bits per heavy atom. The first-order valence-electron chi connectivity index (χ1n) is 9.63. The molecule has 4 heteroatoms. The Morgan fingerprint density at radius 3 is 2.33 bits per heavy atom. The predicted octanol–water partition coefficient (Wildman–Crippen LogP) is 2.77. The summed E-state index contributed by atoms with van der Waals surface area (Å²) in [5.74, 6) is 1.84. The average molecular weight is 330 g/mol.